The fraction of sp³-hybridized carbons (Fsp3) is 0.294. The van der Waals surface area contributed by atoms with Crippen LogP contribution in [0.3, 0.4) is 0 Å². The van der Waals surface area contributed by atoms with Crippen LogP contribution in [0, 0.1) is 0 Å². The molecule has 2 rings (SSSR count). The third kappa shape index (κ3) is 6.36. The zero-order chi connectivity index (χ0) is 14.9. The van der Waals surface area contributed by atoms with E-state index in [-0.39, 0.29) is 12.4 Å². The number of rotatable bonds is 8. The van der Waals surface area contributed by atoms with Gasteiger partial charge >= 0.3 is 0 Å². The molecule has 5 heteroatoms. The summed E-state index contributed by atoms with van der Waals surface area (Å²) in [4.78, 5) is 0. The van der Waals surface area contributed by atoms with Crippen molar-refractivity contribution in [3.05, 3.63) is 64.1 Å². The number of nitrogens with one attached hydrogen (secondary N) is 1. The van der Waals surface area contributed by atoms with E-state index in [4.69, 9.17) is 9.47 Å². The molecule has 0 saturated carbocycles. The maximum atomic E-state index is 5.83. The quantitative estimate of drug-likeness (QED) is 0.690. The highest BCUT2D eigenvalue weighted by molar-refractivity contribution is 9.10. The van der Waals surface area contributed by atoms with Gasteiger partial charge in [0.25, 0.3) is 0 Å². The highest BCUT2D eigenvalue weighted by Crippen LogP contribution is 2.26. The maximum Gasteiger partial charge on any atom is 0.134 e. The van der Waals surface area contributed by atoms with Crippen molar-refractivity contribution in [3.63, 3.8) is 0 Å². The average Bonchev–Trinajstić information content (AvgIpc) is 2.52. The SMILES string of the molecule is COCCNCc1ccc(OCc2ccccc2)c(Br)c1.Cl. The van der Waals surface area contributed by atoms with Gasteiger partial charge in [-0.15, -0.1) is 12.4 Å². The minimum Gasteiger partial charge on any atom is -0.488 e. The van der Waals surface area contributed by atoms with Crippen LogP contribution in [0.15, 0.2) is 53.0 Å². The molecular formula is C17H21BrClNO2. The second-order valence-electron chi connectivity index (χ2n) is 4.71. The Bertz CT molecular complexity index is 552. The summed E-state index contributed by atoms with van der Waals surface area (Å²) in [5.74, 6) is 0.861. The van der Waals surface area contributed by atoms with E-state index < -0.39 is 0 Å². The summed E-state index contributed by atoms with van der Waals surface area (Å²) < 4.78 is 11.8. The van der Waals surface area contributed by atoms with Crippen LogP contribution in [0.4, 0.5) is 0 Å². The molecule has 120 valence electrons. The summed E-state index contributed by atoms with van der Waals surface area (Å²) in [5.41, 5.74) is 2.37. The van der Waals surface area contributed by atoms with E-state index in [0.29, 0.717) is 6.61 Å². The fourth-order valence-electron chi connectivity index (χ4n) is 1.91. The summed E-state index contributed by atoms with van der Waals surface area (Å²) in [5, 5.41) is 3.32. The second-order valence-corrected chi connectivity index (χ2v) is 5.56. The van der Waals surface area contributed by atoms with E-state index in [1.165, 1.54) is 5.56 Å². The maximum absolute atomic E-state index is 5.83. The van der Waals surface area contributed by atoms with Gasteiger partial charge in [-0.2, -0.15) is 0 Å². The van der Waals surface area contributed by atoms with Gasteiger partial charge in [0.2, 0.25) is 0 Å². The van der Waals surface area contributed by atoms with Crippen molar-refractivity contribution in [3.8, 4) is 5.75 Å². The van der Waals surface area contributed by atoms with Crippen molar-refractivity contribution in [1.82, 2.24) is 5.32 Å². The van der Waals surface area contributed by atoms with E-state index in [9.17, 15) is 0 Å². The van der Waals surface area contributed by atoms with Crippen molar-refractivity contribution in [2.24, 2.45) is 0 Å². The Morgan fingerprint density at radius 3 is 2.50 bits per heavy atom. The highest BCUT2D eigenvalue weighted by Gasteiger charge is 2.03. The van der Waals surface area contributed by atoms with Crippen LogP contribution >= 0.6 is 28.3 Å². The molecule has 0 amide bonds. The average molecular weight is 387 g/mol. The molecular weight excluding hydrogens is 366 g/mol. The van der Waals surface area contributed by atoms with Crippen LogP contribution in [0.1, 0.15) is 11.1 Å². The third-order valence-electron chi connectivity index (χ3n) is 3.05. The Hall–Kier alpha value is -1.07. The van der Waals surface area contributed by atoms with Crippen molar-refractivity contribution in [2.45, 2.75) is 13.2 Å². The lowest BCUT2D eigenvalue weighted by Crippen LogP contribution is -2.18. The molecule has 22 heavy (non-hydrogen) atoms. The Morgan fingerprint density at radius 1 is 1.05 bits per heavy atom. The van der Waals surface area contributed by atoms with Crippen molar-refractivity contribution < 1.29 is 9.47 Å². The lowest BCUT2D eigenvalue weighted by atomic mass is 10.2. The normalized spacial score (nSPS) is 10.1. The van der Waals surface area contributed by atoms with Crippen LogP contribution in [0.2, 0.25) is 0 Å². The molecule has 0 fully saturated rings. The van der Waals surface area contributed by atoms with Gasteiger partial charge in [0.1, 0.15) is 12.4 Å². The Labute approximate surface area is 146 Å². The Morgan fingerprint density at radius 2 is 1.82 bits per heavy atom. The minimum absolute atomic E-state index is 0. The van der Waals surface area contributed by atoms with E-state index in [2.05, 4.69) is 45.5 Å². The molecule has 0 saturated heterocycles. The summed E-state index contributed by atoms with van der Waals surface area (Å²) in [6.07, 6.45) is 0. The molecule has 0 heterocycles. The molecule has 0 bridgehead atoms. The summed E-state index contributed by atoms with van der Waals surface area (Å²) in [7, 11) is 1.71. The molecule has 0 aliphatic rings. The standard InChI is InChI=1S/C17H20BrNO2.ClH/c1-20-10-9-19-12-15-7-8-17(16(18)11-15)21-13-14-5-3-2-4-6-14;/h2-8,11,19H,9-10,12-13H2,1H3;1H. The van der Waals surface area contributed by atoms with E-state index in [1.54, 1.807) is 7.11 Å². The molecule has 2 aromatic rings. The Balaban J connectivity index is 0.00000242. The van der Waals surface area contributed by atoms with Gasteiger partial charge in [-0.25, -0.2) is 0 Å². The zero-order valence-corrected chi connectivity index (χ0v) is 15.0. The number of halogens is 2. The van der Waals surface area contributed by atoms with Gasteiger partial charge < -0.3 is 14.8 Å². The van der Waals surface area contributed by atoms with Gasteiger partial charge in [-0.3, -0.25) is 0 Å². The lowest BCUT2D eigenvalue weighted by Gasteiger charge is -2.10. The van der Waals surface area contributed by atoms with Gasteiger partial charge in [0, 0.05) is 20.2 Å². The molecule has 1 N–H and O–H groups in total. The van der Waals surface area contributed by atoms with Crippen LogP contribution in [0.5, 0.6) is 5.75 Å². The first-order chi connectivity index (χ1) is 10.3. The smallest absolute Gasteiger partial charge is 0.134 e. The summed E-state index contributed by atoms with van der Waals surface area (Å²) >= 11 is 3.57. The molecule has 2 aromatic carbocycles. The summed E-state index contributed by atoms with van der Waals surface area (Å²) in [6, 6.07) is 16.3. The predicted molar refractivity (Wildman–Crippen MR) is 95.7 cm³/mol. The second kappa shape index (κ2) is 10.6. The van der Waals surface area contributed by atoms with Gasteiger partial charge in [-0.1, -0.05) is 36.4 Å². The van der Waals surface area contributed by atoms with Gasteiger partial charge in [0.15, 0.2) is 0 Å². The molecule has 0 aliphatic carbocycles. The number of hydrogen-bond donors (Lipinski definition) is 1. The van der Waals surface area contributed by atoms with Gasteiger partial charge in [-0.05, 0) is 39.2 Å². The number of hydrogen-bond acceptors (Lipinski definition) is 3. The first kappa shape index (κ1) is 19.0. The molecule has 0 aliphatic heterocycles. The molecule has 0 aromatic heterocycles. The molecule has 0 atom stereocenters. The first-order valence-corrected chi connectivity index (χ1v) is 7.73. The number of methoxy groups -OCH3 is 1. The van der Waals surface area contributed by atoms with Crippen molar-refractivity contribution >= 4 is 28.3 Å². The van der Waals surface area contributed by atoms with E-state index >= 15 is 0 Å². The first-order valence-electron chi connectivity index (χ1n) is 6.94. The fourth-order valence-corrected chi connectivity index (χ4v) is 2.45. The van der Waals surface area contributed by atoms with Crippen molar-refractivity contribution in [2.75, 3.05) is 20.3 Å². The Kier molecular flexibility index (Phi) is 9.16. The largest absolute Gasteiger partial charge is 0.488 e. The number of benzene rings is 2. The molecule has 0 unspecified atom stereocenters. The predicted octanol–water partition coefficient (Wildman–Crippen LogP) is 4.19. The van der Waals surface area contributed by atoms with Crippen LogP contribution < -0.4 is 10.1 Å². The monoisotopic (exact) mass is 385 g/mol. The molecule has 0 radical (unpaired) electrons. The zero-order valence-electron chi connectivity index (χ0n) is 12.5. The van der Waals surface area contributed by atoms with Crippen LogP contribution in [-0.2, 0) is 17.9 Å². The minimum atomic E-state index is 0. The molecule has 0 spiro atoms. The van der Waals surface area contributed by atoms with Crippen molar-refractivity contribution in [1.29, 1.82) is 0 Å². The van der Waals surface area contributed by atoms with Crippen LogP contribution in [-0.4, -0.2) is 20.3 Å². The summed E-state index contributed by atoms with van der Waals surface area (Å²) in [6.45, 7) is 2.96. The third-order valence-corrected chi connectivity index (χ3v) is 3.67. The number of ether oxygens (including phenoxy) is 2. The molecule has 3 nitrogen and oxygen atoms in total. The van der Waals surface area contributed by atoms with E-state index in [0.717, 1.165) is 35.5 Å². The van der Waals surface area contributed by atoms with E-state index in [1.807, 2.05) is 24.3 Å². The van der Waals surface area contributed by atoms with Crippen LogP contribution in [0.25, 0.3) is 0 Å². The van der Waals surface area contributed by atoms with Gasteiger partial charge in [0.05, 0.1) is 11.1 Å². The topological polar surface area (TPSA) is 30.5 Å². The lowest BCUT2D eigenvalue weighted by molar-refractivity contribution is 0.199. The highest BCUT2D eigenvalue weighted by atomic mass is 79.9.